The van der Waals surface area contributed by atoms with Crippen LogP contribution in [0.25, 0.3) is 0 Å². The molecule has 0 unspecified atom stereocenters. The van der Waals surface area contributed by atoms with Crippen molar-refractivity contribution in [3.05, 3.63) is 33.9 Å². The van der Waals surface area contributed by atoms with Crippen LogP contribution in [-0.2, 0) is 11.3 Å². The van der Waals surface area contributed by atoms with Crippen LogP contribution in [0.15, 0.2) is 18.2 Å². The van der Waals surface area contributed by atoms with Crippen molar-refractivity contribution in [2.75, 3.05) is 13.1 Å². The van der Waals surface area contributed by atoms with Gasteiger partial charge in [-0.1, -0.05) is 0 Å². The zero-order valence-electron chi connectivity index (χ0n) is 12.9. The first-order chi connectivity index (χ1) is 12.0. The minimum atomic E-state index is -4.75. The van der Waals surface area contributed by atoms with E-state index in [2.05, 4.69) is 4.74 Å². The molecule has 2 rings (SSSR count). The molecule has 2 atom stereocenters. The maximum Gasteiger partial charge on any atom is 0.393 e. The molecule has 144 valence electrons. The van der Waals surface area contributed by atoms with E-state index in [4.69, 9.17) is 5.11 Å². The van der Waals surface area contributed by atoms with Crippen molar-refractivity contribution in [1.29, 1.82) is 0 Å². The summed E-state index contributed by atoms with van der Waals surface area (Å²) in [5.74, 6) is -5.89. The Morgan fingerprint density at radius 3 is 2.50 bits per heavy atom. The number of hydrogen-bond donors (Lipinski definition) is 1. The predicted octanol–water partition coefficient (Wildman–Crippen LogP) is 2.89. The second-order valence-corrected chi connectivity index (χ2v) is 5.71. The van der Waals surface area contributed by atoms with E-state index in [0.717, 1.165) is 23.1 Å². The molecule has 1 heterocycles. The van der Waals surface area contributed by atoms with Crippen molar-refractivity contribution in [3.63, 3.8) is 0 Å². The first-order valence-electron chi connectivity index (χ1n) is 7.23. The van der Waals surface area contributed by atoms with Gasteiger partial charge in [-0.3, -0.25) is 19.8 Å². The highest BCUT2D eigenvalue weighted by Gasteiger charge is 2.52. The summed E-state index contributed by atoms with van der Waals surface area (Å²) in [5, 5.41) is 19.8. The molecule has 7 nitrogen and oxygen atoms in total. The molecule has 26 heavy (non-hydrogen) atoms. The average Bonchev–Trinajstić information content (AvgIpc) is 2.92. The summed E-state index contributed by atoms with van der Waals surface area (Å²) in [4.78, 5) is 22.2. The lowest BCUT2D eigenvalue weighted by Gasteiger charge is -2.19. The van der Waals surface area contributed by atoms with E-state index in [1.165, 1.54) is 0 Å². The number of likely N-dealkylation sites (tertiary alicyclic amines) is 1. The van der Waals surface area contributed by atoms with Gasteiger partial charge in [-0.15, -0.1) is 0 Å². The van der Waals surface area contributed by atoms with Gasteiger partial charge < -0.3 is 9.84 Å². The number of aliphatic carboxylic acids is 1. The molecule has 1 fully saturated rings. The Morgan fingerprint density at radius 1 is 1.38 bits per heavy atom. The van der Waals surface area contributed by atoms with Crippen molar-refractivity contribution in [2.24, 2.45) is 11.8 Å². The molecule has 1 aromatic rings. The number of halogens is 5. The lowest BCUT2D eigenvalue weighted by atomic mass is 9.96. The molecule has 1 aromatic carbocycles. The van der Waals surface area contributed by atoms with Crippen LogP contribution in [0.1, 0.15) is 5.56 Å². The standard InChI is InChI=1S/C14H13F5N2O5/c15-13(16)26-11-2-1-8(21(24)25)3-7(11)4-20-5-9(12(22)23)10(6-20)14(17,18)19/h1-3,9-10,13H,4-6H2,(H,22,23)/t9-,10-/m1/s1. The minimum Gasteiger partial charge on any atom is -0.481 e. The van der Waals surface area contributed by atoms with Crippen LogP contribution in [0.3, 0.4) is 0 Å². The van der Waals surface area contributed by atoms with Crippen molar-refractivity contribution in [3.8, 4) is 5.75 Å². The van der Waals surface area contributed by atoms with E-state index >= 15 is 0 Å². The number of benzene rings is 1. The molecule has 1 aliphatic rings. The average molecular weight is 384 g/mol. The number of carbonyl (C=O) groups is 1. The second kappa shape index (κ2) is 7.40. The van der Waals surface area contributed by atoms with Crippen LogP contribution in [0.5, 0.6) is 5.75 Å². The van der Waals surface area contributed by atoms with Gasteiger partial charge in [0.05, 0.1) is 16.8 Å². The van der Waals surface area contributed by atoms with E-state index < -0.39 is 66.6 Å². The predicted molar refractivity (Wildman–Crippen MR) is 75.7 cm³/mol. The lowest BCUT2D eigenvalue weighted by molar-refractivity contribution is -0.385. The van der Waals surface area contributed by atoms with Crippen LogP contribution in [-0.4, -0.2) is 46.8 Å². The monoisotopic (exact) mass is 384 g/mol. The van der Waals surface area contributed by atoms with Crippen molar-refractivity contribution < 1.29 is 41.5 Å². The molecule has 0 aromatic heterocycles. The lowest BCUT2D eigenvalue weighted by Crippen LogP contribution is -2.33. The van der Waals surface area contributed by atoms with E-state index in [9.17, 15) is 36.9 Å². The molecule has 1 N–H and O–H groups in total. The molecule has 0 saturated carbocycles. The van der Waals surface area contributed by atoms with Crippen LogP contribution in [0.4, 0.5) is 27.6 Å². The number of nitro groups is 1. The molecule has 0 bridgehead atoms. The van der Waals surface area contributed by atoms with Crippen LogP contribution in [0.2, 0.25) is 0 Å². The molecule has 0 spiro atoms. The van der Waals surface area contributed by atoms with Crippen molar-refractivity contribution in [1.82, 2.24) is 4.90 Å². The molecule has 12 heteroatoms. The second-order valence-electron chi connectivity index (χ2n) is 5.71. The molecular weight excluding hydrogens is 371 g/mol. The van der Waals surface area contributed by atoms with E-state index in [-0.39, 0.29) is 5.56 Å². The largest absolute Gasteiger partial charge is 0.481 e. The fraction of sp³-hybridized carbons (Fsp3) is 0.500. The maximum absolute atomic E-state index is 13.0. The first-order valence-corrected chi connectivity index (χ1v) is 7.23. The highest BCUT2D eigenvalue weighted by atomic mass is 19.4. The Balaban J connectivity index is 2.27. The maximum atomic E-state index is 13.0. The van der Waals surface area contributed by atoms with E-state index in [1.807, 2.05) is 0 Å². The zero-order chi connectivity index (χ0) is 19.6. The summed E-state index contributed by atoms with van der Waals surface area (Å²) in [6.07, 6.45) is -4.75. The minimum absolute atomic E-state index is 0.133. The number of non-ortho nitro benzene ring substituents is 1. The van der Waals surface area contributed by atoms with Gasteiger partial charge in [-0.25, -0.2) is 0 Å². The fourth-order valence-corrected chi connectivity index (χ4v) is 2.85. The highest BCUT2D eigenvalue weighted by Crippen LogP contribution is 2.39. The van der Waals surface area contributed by atoms with Crippen LogP contribution < -0.4 is 4.74 Å². The van der Waals surface area contributed by atoms with Gasteiger partial charge in [-0.2, -0.15) is 22.0 Å². The normalized spacial score (nSPS) is 21.2. The Bertz CT molecular complexity index is 697. The summed E-state index contributed by atoms with van der Waals surface area (Å²) < 4.78 is 68.2. The molecule has 0 radical (unpaired) electrons. The Morgan fingerprint density at radius 2 is 2.04 bits per heavy atom. The molecule has 0 aliphatic carbocycles. The number of ether oxygens (including phenoxy) is 1. The molecule has 0 amide bonds. The van der Waals surface area contributed by atoms with Gasteiger partial charge in [0, 0.05) is 37.3 Å². The van der Waals surface area contributed by atoms with Crippen LogP contribution >= 0.6 is 0 Å². The number of carboxylic acids is 1. The van der Waals surface area contributed by atoms with Gasteiger partial charge in [0.25, 0.3) is 5.69 Å². The first kappa shape index (κ1) is 19.8. The quantitative estimate of drug-likeness (QED) is 0.461. The van der Waals surface area contributed by atoms with E-state index in [0.29, 0.717) is 0 Å². The number of alkyl halides is 5. The number of rotatable bonds is 6. The van der Waals surface area contributed by atoms with Gasteiger partial charge in [0.15, 0.2) is 0 Å². The summed E-state index contributed by atoms with van der Waals surface area (Å²) in [5.41, 5.74) is -0.588. The topological polar surface area (TPSA) is 92.9 Å². The molecule has 1 aliphatic heterocycles. The van der Waals surface area contributed by atoms with Gasteiger partial charge in [0.2, 0.25) is 0 Å². The Hall–Kier alpha value is -2.50. The summed E-state index contributed by atoms with van der Waals surface area (Å²) in [7, 11) is 0. The summed E-state index contributed by atoms with van der Waals surface area (Å²) in [6.45, 7) is -4.78. The zero-order valence-corrected chi connectivity index (χ0v) is 12.9. The van der Waals surface area contributed by atoms with Crippen molar-refractivity contribution in [2.45, 2.75) is 19.3 Å². The molecular formula is C14H13F5N2O5. The Kier molecular flexibility index (Phi) is 5.64. The van der Waals surface area contributed by atoms with Crippen LogP contribution in [0, 0.1) is 22.0 Å². The third kappa shape index (κ3) is 4.56. The number of nitro benzene ring substituents is 1. The summed E-state index contributed by atoms with van der Waals surface area (Å²) in [6, 6.07) is 2.75. The summed E-state index contributed by atoms with van der Waals surface area (Å²) >= 11 is 0. The highest BCUT2D eigenvalue weighted by molar-refractivity contribution is 5.71. The van der Waals surface area contributed by atoms with Gasteiger partial charge in [0.1, 0.15) is 5.75 Å². The fourth-order valence-electron chi connectivity index (χ4n) is 2.85. The number of carboxylic acid groups (broad SMARTS) is 1. The van der Waals surface area contributed by atoms with Gasteiger partial charge in [-0.05, 0) is 6.07 Å². The van der Waals surface area contributed by atoms with Crippen molar-refractivity contribution >= 4 is 11.7 Å². The number of nitrogens with zero attached hydrogens (tertiary/aromatic N) is 2. The number of hydrogen-bond acceptors (Lipinski definition) is 5. The molecule has 1 saturated heterocycles. The van der Waals surface area contributed by atoms with Gasteiger partial charge >= 0.3 is 18.8 Å². The third-order valence-corrected chi connectivity index (χ3v) is 4.00. The SMILES string of the molecule is O=C(O)[C@@H]1CN(Cc2cc([N+](=O)[O-])ccc2OC(F)F)C[C@H]1C(F)(F)F. The smallest absolute Gasteiger partial charge is 0.393 e. The van der Waals surface area contributed by atoms with E-state index in [1.54, 1.807) is 0 Å². The third-order valence-electron chi connectivity index (χ3n) is 4.00. The Labute approximate surface area is 143 Å².